The molecule has 0 radical (unpaired) electrons. The molecule has 1 saturated carbocycles. The Hall–Kier alpha value is -4.16. The summed E-state index contributed by atoms with van der Waals surface area (Å²) in [6.07, 6.45) is 0.946. The molecule has 2 aromatic heterocycles. The van der Waals surface area contributed by atoms with Crippen LogP contribution in [0, 0.1) is 5.92 Å². The van der Waals surface area contributed by atoms with E-state index < -0.39 is 26.4 Å². The minimum absolute atomic E-state index is 0.129. The van der Waals surface area contributed by atoms with Crippen molar-refractivity contribution in [3.8, 4) is 10.6 Å². The van der Waals surface area contributed by atoms with Crippen molar-refractivity contribution in [3.63, 3.8) is 0 Å². The Morgan fingerprint density at radius 2 is 1.54 bits per heavy atom. The normalized spacial score (nSPS) is 20.1. The average Bonchev–Trinajstić information content (AvgIpc) is 3.64. The van der Waals surface area contributed by atoms with Crippen molar-refractivity contribution in [3.05, 3.63) is 91.1 Å². The van der Waals surface area contributed by atoms with Crippen LogP contribution < -0.4 is 21.4 Å². The van der Waals surface area contributed by atoms with Crippen molar-refractivity contribution >= 4 is 58.0 Å². The van der Waals surface area contributed by atoms with Gasteiger partial charge in [-0.05, 0) is 34.0 Å². The molecule has 238 valence electrons. The molecule has 6 rings (SSSR count). The molecule has 3 N–H and O–H groups in total. The van der Waals surface area contributed by atoms with E-state index in [-0.39, 0.29) is 23.0 Å². The van der Waals surface area contributed by atoms with Gasteiger partial charge < -0.3 is 25.0 Å². The van der Waals surface area contributed by atoms with Gasteiger partial charge in [0.25, 0.3) is 8.32 Å². The number of carbonyl (C=O) groups is 1. The molecule has 3 aromatic carbocycles. The smallest absolute Gasteiger partial charge is 0.311 e. The van der Waals surface area contributed by atoms with Crippen LogP contribution in [0.4, 0.5) is 11.8 Å². The first-order valence-electron chi connectivity index (χ1n) is 15.3. The van der Waals surface area contributed by atoms with Crippen LogP contribution in [-0.4, -0.2) is 61.7 Å². The molecular weight excluding hydrogens is 615 g/mol. The maximum Gasteiger partial charge on any atom is 0.311 e. The van der Waals surface area contributed by atoms with Gasteiger partial charge in [-0.15, -0.1) is 11.3 Å². The van der Waals surface area contributed by atoms with E-state index in [1.54, 1.807) is 24.6 Å². The highest BCUT2D eigenvalue weighted by Gasteiger charge is 2.57. The van der Waals surface area contributed by atoms with E-state index >= 15 is 0 Å². The summed E-state index contributed by atoms with van der Waals surface area (Å²) in [5.74, 6) is -0.292. The lowest BCUT2D eigenvalue weighted by atomic mass is 10.1. The molecule has 11 heteroatoms. The number of benzene rings is 3. The summed E-state index contributed by atoms with van der Waals surface area (Å²) in [6.45, 7) is 6.65. The molecule has 1 fully saturated rings. The maximum atomic E-state index is 13.5. The van der Waals surface area contributed by atoms with E-state index in [4.69, 9.17) is 24.6 Å². The van der Waals surface area contributed by atoms with Crippen LogP contribution in [0.25, 0.3) is 20.8 Å². The number of carbonyl (C=O) groups excluding carboxylic acids is 1. The van der Waals surface area contributed by atoms with E-state index in [0.29, 0.717) is 12.2 Å². The highest BCUT2D eigenvalue weighted by Crippen LogP contribution is 2.43. The summed E-state index contributed by atoms with van der Waals surface area (Å²) in [5.41, 5.74) is 7.72. The Morgan fingerprint density at radius 3 is 2.13 bits per heavy atom. The van der Waals surface area contributed by atoms with E-state index in [0.717, 1.165) is 31.2 Å². The summed E-state index contributed by atoms with van der Waals surface area (Å²) < 4.78 is 20.2. The highest BCUT2D eigenvalue weighted by atomic mass is 32.1. The predicted octanol–water partition coefficient (Wildman–Crippen LogP) is 5.27. The van der Waals surface area contributed by atoms with Gasteiger partial charge in [-0.1, -0.05) is 93.6 Å². The van der Waals surface area contributed by atoms with Crippen molar-refractivity contribution in [2.45, 2.75) is 50.5 Å². The largest absolute Gasteiger partial charge is 0.469 e. The molecule has 0 spiro atoms. The number of hydrogen-bond acceptors (Lipinski definition) is 10. The molecule has 0 aliphatic heterocycles. The molecule has 0 unspecified atom stereocenters. The molecule has 0 saturated heterocycles. The van der Waals surface area contributed by atoms with Gasteiger partial charge in [0.15, 0.2) is 0 Å². The van der Waals surface area contributed by atoms with Gasteiger partial charge in [-0.3, -0.25) is 4.79 Å². The minimum Gasteiger partial charge on any atom is -0.469 e. The van der Waals surface area contributed by atoms with Crippen LogP contribution in [0.1, 0.15) is 27.2 Å². The molecule has 46 heavy (non-hydrogen) atoms. The lowest BCUT2D eigenvalue weighted by Gasteiger charge is -2.46. The third-order valence-electron chi connectivity index (χ3n) is 8.78. The molecule has 0 bridgehead atoms. The van der Waals surface area contributed by atoms with Gasteiger partial charge in [0.05, 0.1) is 41.0 Å². The zero-order valence-electron chi connectivity index (χ0n) is 26.6. The minimum atomic E-state index is -3.06. The number of rotatable bonds is 9. The van der Waals surface area contributed by atoms with Gasteiger partial charge in [-0.2, -0.15) is 4.98 Å². The number of ether oxygens (including phenoxy) is 2. The van der Waals surface area contributed by atoms with E-state index in [9.17, 15) is 4.79 Å². The zero-order chi connectivity index (χ0) is 32.5. The fourth-order valence-corrected chi connectivity index (χ4v) is 12.4. The van der Waals surface area contributed by atoms with Crippen LogP contribution in [0.2, 0.25) is 5.04 Å². The standard InChI is InChI=1S/C35H39N5O4SSi/c1-35(2,3)46(22-14-8-6-9-15-22,23-16-10-7-11-17-23)44-29-24(33(41)43-5)20-27(30(29)42-4)38-31-25(21-37-34(36)40-31)32-39-26-18-12-13-19-28(26)45-32/h6-19,21,24,27,29-30H,20H2,1-5H3,(H3,36,37,38,40)/t24-,27-,29-,30-/m1/s1. The number of hydrogen-bond donors (Lipinski definition) is 2. The summed E-state index contributed by atoms with van der Waals surface area (Å²) in [7, 11) is 0.0186. The second kappa shape index (κ2) is 12.9. The van der Waals surface area contributed by atoms with Crippen molar-refractivity contribution in [1.29, 1.82) is 0 Å². The SMILES string of the molecule is COC(=O)[C@@H]1C[C@@H](Nc2nc(N)ncc2-c2nc3ccccc3s2)[C@@H](OC)[C@@H]1O[Si](c1ccccc1)(c1ccccc1)C(C)(C)C. The fourth-order valence-electron chi connectivity index (χ4n) is 6.69. The maximum absolute atomic E-state index is 13.5. The molecular formula is C35H39N5O4SSi. The number of fused-ring (bicyclic) bond motifs is 1. The third-order valence-corrected chi connectivity index (χ3v) is 14.9. The number of nitrogens with two attached hydrogens (primary N) is 1. The van der Waals surface area contributed by atoms with Gasteiger partial charge in [-0.25, -0.2) is 9.97 Å². The van der Waals surface area contributed by atoms with Crippen LogP contribution in [0.3, 0.4) is 0 Å². The molecule has 1 aliphatic carbocycles. The molecule has 1 aliphatic rings. The number of aromatic nitrogens is 3. The predicted molar refractivity (Wildman–Crippen MR) is 186 cm³/mol. The zero-order valence-corrected chi connectivity index (χ0v) is 28.5. The van der Waals surface area contributed by atoms with E-state index in [1.807, 2.05) is 60.7 Å². The van der Waals surface area contributed by atoms with Crippen molar-refractivity contribution < 1.29 is 18.7 Å². The fraction of sp³-hybridized carbons (Fsp3) is 0.314. The van der Waals surface area contributed by atoms with Crippen molar-refractivity contribution in [2.24, 2.45) is 5.92 Å². The number of methoxy groups -OCH3 is 2. The summed E-state index contributed by atoms with van der Waals surface area (Å²) >= 11 is 1.55. The number of nitrogens with zero attached hydrogens (tertiary/aromatic N) is 3. The monoisotopic (exact) mass is 653 g/mol. The first-order chi connectivity index (χ1) is 22.2. The Balaban J connectivity index is 1.43. The van der Waals surface area contributed by atoms with Crippen LogP contribution in [0.5, 0.6) is 0 Å². The Bertz CT molecular complexity index is 1740. The number of nitrogens with one attached hydrogen (secondary N) is 1. The van der Waals surface area contributed by atoms with Gasteiger partial charge >= 0.3 is 5.97 Å². The number of thiazole rings is 1. The molecule has 0 amide bonds. The lowest BCUT2D eigenvalue weighted by molar-refractivity contribution is -0.149. The second-order valence-corrected chi connectivity index (χ2v) is 17.8. The van der Waals surface area contributed by atoms with Crippen LogP contribution in [0.15, 0.2) is 91.1 Å². The molecule has 5 aromatic rings. The van der Waals surface area contributed by atoms with Crippen molar-refractivity contribution in [2.75, 3.05) is 25.3 Å². The Labute approximate surface area is 274 Å². The van der Waals surface area contributed by atoms with Crippen molar-refractivity contribution in [1.82, 2.24) is 15.0 Å². The van der Waals surface area contributed by atoms with Crippen LogP contribution in [-0.2, 0) is 18.7 Å². The topological polar surface area (TPSA) is 121 Å². The molecule has 4 atom stereocenters. The summed E-state index contributed by atoms with van der Waals surface area (Å²) in [5, 5.41) is 6.27. The molecule has 9 nitrogen and oxygen atoms in total. The Kier molecular flexibility index (Phi) is 8.93. The third kappa shape index (κ3) is 5.79. The summed E-state index contributed by atoms with van der Waals surface area (Å²) in [4.78, 5) is 27.2. The number of esters is 1. The lowest BCUT2D eigenvalue weighted by Crippen LogP contribution is -2.69. The Morgan fingerprint density at radius 1 is 0.913 bits per heavy atom. The van der Waals surface area contributed by atoms with E-state index in [1.165, 1.54) is 7.11 Å². The highest BCUT2D eigenvalue weighted by molar-refractivity contribution is 7.21. The van der Waals surface area contributed by atoms with Gasteiger partial charge in [0.1, 0.15) is 16.9 Å². The number of nitrogen functional groups attached to an aromatic ring is 1. The summed E-state index contributed by atoms with van der Waals surface area (Å²) in [6, 6.07) is 28.4. The number of anilines is 2. The first kappa shape index (κ1) is 31.8. The second-order valence-electron chi connectivity index (χ2n) is 12.5. The van der Waals surface area contributed by atoms with Gasteiger partial charge in [0, 0.05) is 13.3 Å². The average molecular weight is 654 g/mol. The van der Waals surface area contributed by atoms with Gasteiger partial charge in [0.2, 0.25) is 5.95 Å². The molecule has 2 heterocycles. The quantitative estimate of drug-likeness (QED) is 0.162. The first-order valence-corrected chi connectivity index (χ1v) is 18.0. The van der Waals surface area contributed by atoms with Crippen LogP contribution >= 0.6 is 11.3 Å². The van der Waals surface area contributed by atoms with E-state index in [2.05, 4.69) is 60.3 Å². The number of para-hydroxylation sites is 1.